The molecule has 0 aliphatic heterocycles. The van der Waals surface area contributed by atoms with Crippen molar-refractivity contribution >= 4 is 17.6 Å². The van der Waals surface area contributed by atoms with Crippen LogP contribution < -0.4 is 11.1 Å². The number of urea groups is 1. The molecule has 2 amide bonds. The molecule has 0 heterocycles. The van der Waals surface area contributed by atoms with E-state index in [1.165, 1.54) is 0 Å². The maximum atomic E-state index is 12.0. The maximum Gasteiger partial charge on any atom is 0.321 e. The van der Waals surface area contributed by atoms with Gasteiger partial charge in [-0.2, -0.15) is 0 Å². The summed E-state index contributed by atoms with van der Waals surface area (Å²) in [5, 5.41) is 14.6. The van der Waals surface area contributed by atoms with Crippen LogP contribution in [0.25, 0.3) is 0 Å². The number of hydrogen-bond donors (Lipinski definition) is 3. The SMILES string of the molecule is CCN(CC)C(=O)Nc1cccc(C)c1/C(N)=N/O. The number of nitrogens with zero attached hydrogens (tertiary/aromatic N) is 2. The number of benzene rings is 1. The Morgan fingerprint density at radius 3 is 2.58 bits per heavy atom. The van der Waals surface area contributed by atoms with E-state index in [0.29, 0.717) is 24.3 Å². The van der Waals surface area contributed by atoms with Crippen molar-refractivity contribution in [3.8, 4) is 0 Å². The van der Waals surface area contributed by atoms with Gasteiger partial charge in [0.05, 0.1) is 5.69 Å². The third-order valence-corrected chi connectivity index (χ3v) is 2.93. The van der Waals surface area contributed by atoms with Crippen LogP contribution in [0.15, 0.2) is 23.4 Å². The lowest BCUT2D eigenvalue weighted by molar-refractivity contribution is 0.217. The summed E-state index contributed by atoms with van der Waals surface area (Å²) in [6, 6.07) is 5.16. The number of nitrogens with two attached hydrogens (primary N) is 1. The van der Waals surface area contributed by atoms with Crippen molar-refractivity contribution in [2.45, 2.75) is 20.8 Å². The Bertz CT molecular complexity index is 482. The molecular weight excluding hydrogens is 244 g/mol. The summed E-state index contributed by atoms with van der Waals surface area (Å²) >= 11 is 0. The Morgan fingerprint density at radius 1 is 1.42 bits per heavy atom. The minimum Gasteiger partial charge on any atom is -0.409 e. The Morgan fingerprint density at radius 2 is 2.05 bits per heavy atom. The van der Waals surface area contributed by atoms with E-state index < -0.39 is 0 Å². The average Bonchev–Trinajstić information content (AvgIpc) is 2.39. The highest BCUT2D eigenvalue weighted by Crippen LogP contribution is 2.19. The first-order valence-electron chi connectivity index (χ1n) is 6.18. The first-order valence-corrected chi connectivity index (χ1v) is 6.18. The molecular formula is C13H20N4O2. The molecule has 0 fully saturated rings. The van der Waals surface area contributed by atoms with Crippen molar-refractivity contribution in [3.63, 3.8) is 0 Å². The van der Waals surface area contributed by atoms with Crippen LogP contribution in [-0.4, -0.2) is 35.1 Å². The highest BCUT2D eigenvalue weighted by atomic mass is 16.4. The van der Waals surface area contributed by atoms with Crippen molar-refractivity contribution in [1.82, 2.24) is 4.90 Å². The van der Waals surface area contributed by atoms with Crippen molar-refractivity contribution in [1.29, 1.82) is 0 Å². The van der Waals surface area contributed by atoms with Crippen molar-refractivity contribution in [3.05, 3.63) is 29.3 Å². The standard InChI is InChI=1S/C13H20N4O2/c1-4-17(5-2)13(18)15-10-8-6-7-9(3)11(10)12(14)16-19/h6-8,19H,4-5H2,1-3H3,(H2,14,16)(H,15,18). The molecule has 0 aliphatic rings. The number of carbonyl (C=O) groups is 1. The third-order valence-electron chi connectivity index (χ3n) is 2.93. The smallest absolute Gasteiger partial charge is 0.321 e. The number of amidine groups is 1. The molecule has 1 aromatic rings. The fourth-order valence-electron chi connectivity index (χ4n) is 1.87. The van der Waals surface area contributed by atoms with Gasteiger partial charge in [-0.25, -0.2) is 4.79 Å². The van der Waals surface area contributed by atoms with Gasteiger partial charge in [0.15, 0.2) is 5.84 Å². The highest BCUT2D eigenvalue weighted by molar-refractivity contribution is 6.06. The number of oxime groups is 1. The summed E-state index contributed by atoms with van der Waals surface area (Å²) in [7, 11) is 0. The summed E-state index contributed by atoms with van der Waals surface area (Å²) < 4.78 is 0. The van der Waals surface area contributed by atoms with Crippen LogP contribution in [0.3, 0.4) is 0 Å². The van der Waals surface area contributed by atoms with Crippen LogP contribution in [0, 0.1) is 6.92 Å². The topological polar surface area (TPSA) is 91.0 Å². The Balaban J connectivity index is 3.08. The number of nitrogens with one attached hydrogen (secondary N) is 1. The van der Waals surface area contributed by atoms with Crippen LogP contribution in [0.2, 0.25) is 0 Å². The quantitative estimate of drug-likeness (QED) is 0.336. The average molecular weight is 264 g/mol. The Labute approximate surface area is 112 Å². The van der Waals surface area contributed by atoms with Gasteiger partial charge in [-0.3, -0.25) is 0 Å². The lowest BCUT2D eigenvalue weighted by Gasteiger charge is -2.20. The largest absolute Gasteiger partial charge is 0.409 e. The summed E-state index contributed by atoms with van der Waals surface area (Å²) in [5.74, 6) is -0.0204. The van der Waals surface area contributed by atoms with E-state index in [0.717, 1.165) is 5.56 Å². The van der Waals surface area contributed by atoms with Gasteiger partial charge in [0.2, 0.25) is 0 Å². The fourth-order valence-corrected chi connectivity index (χ4v) is 1.87. The summed E-state index contributed by atoms with van der Waals surface area (Å²) in [6.45, 7) is 6.88. The number of hydrogen-bond acceptors (Lipinski definition) is 3. The molecule has 104 valence electrons. The molecule has 6 nitrogen and oxygen atoms in total. The second-order valence-corrected chi connectivity index (χ2v) is 4.09. The predicted octanol–water partition coefficient (Wildman–Crippen LogP) is 1.96. The Kier molecular flexibility index (Phi) is 5.17. The fraction of sp³-hybridized carbons (Fsp3) is 0.385. The van der Waals surface area contributed by atoms with Crippen LogP contribution in [0.5, 0.6) is 0 Å². The molecule has 0 atom stereocenters. The van der Waals surface area contributed by atoms with Gasteiger partial charge >= 0.3 is 6.03 Å². The molecule has 1 rings (SSSR count). The van der Waals surface area contributed by atoms with Crippen LogP contribution >= 0.6 is 0 Å². The third kappa shape index (κ3) is 3.37. The van der Waals surface area contributed by atoms with E-state index >= 15 is 0 Å². The molecule has 0 saturated heterocycles. The number of rotatable bonds is 4. The number of anilines is 1. The van der Waals surface area contributed by atoms with Crippen LogP contribution in [-0.2, 0) is 0 Å². The molecule has 6 heteroatoms. The van der Waals surface area contributed by atoms with E-state index in [9.17, 15) is 4.79 Å². The molecule has 1 aromatic carbocycles. The molecule has 0 saturated carbocycles. The minimum absolute atomic E-state index is 0.0204. The van der Waals surface area contributed by atoms with E-state index in [1.807, 2.05) is 26.8 Å². The molecule has 0 aliphatic carbocycles. The first kappa shape index (κ1) is 14.8. The van der Waals surface area contributed by atoms with E-state index in [2.05, 4.69) is 10.5 Å². The zero-order valence-corrected chi connectivity index (χ0v) is 11.5. The van der Waals surface area contributed by atoms with Crippen molar-refractivity contribution < 1.29 is 10.0 Å². The summed E-state index contributed by atoms with van der Waals surface area (Å²) in [4.78, 5) is 13.7. The summed E-state index contributed by atoms with van der Waals surface area (Å²) in [6.07, 6.45) is 0. The molecule has 0 spiro atoms. The zero-order valence-electron chi connectivity index (χ0n) is 11.5. The zero-order chi connectivity index (χ0) is 14.4. The summed E-state index contributed by atoms with van der Waals surface area (Å²) in [5.41, 5.74) is 7.54. The molecule has 0 unspecified atom stereocenters. The number of aryl methyl sites for hydroxylation is 1. The lowest BCUT2D eigenvalue weighted by Crippen LogP contribution is -2.35. The predicted molar refractivity (Wildman–Crippen MR) is 75.6 cm³/mol. The van der Waals surface area contributed by atoms with Gasteiger partial charge in [0.25, 0.3) is 0 Å². The van der Waals surface area contributed by atoms with E-state index in [4.69, 9.17) is 10.9 Å². The van der Waals surface area contributed by atoms with Gasteiger partial charge in [0, 0.05) is 18.7 Å². The molecule has 0 aromatic heterocycles. The second kappa shape index (κ2) is 6.63. The Hall–Kier alpha value is -2.24. The normalized spacial score (nSPS) is 11.2. The molecule has 0 radical (unpaired) electrons. The van der Waals surface area contributed by atoms with Gasteiger partial charge in [-0.15, -0.1) is 0 Å². The lowest BCUT2D eigenvalue weighted by atomic mass is 10.1. The first-order chi connectivity index (χ1) is 9.04. The minimum atomic E-state index is -0.206. The number of carbonyl (C=O) groups excluding carboxylic acids is 1. The van der Waals surface area contributed by atoms with Gasteiger partial charge in [-0.05, 0) is 32.4 Å². The van der Waals surface area contributed by atoms with Crippen LogP contribution in [0.4, 0.5) is 10.5 Å². The van der Waals surface area contributed by atoms with Gasteiger partial charge in [-0.1, -0.05) is 17.3 Å². The van der Waals surface area contributed by atoms with Gasteiger partial charge in [0.1, 0.15) is 0 Å². The molecule has 0 bridgehead atoms. The number of amides is 2. The highest BCUT2D eigenvalue weighted by Gasteiger charge is 2.15. The van der Waals surface area contributed by atoms with Crippen molar-refractivity contribution in [2.75, 3.05) is 18.4 Å². The maximum absolute atomic E-state index is 12.0. The van der Waals surface area contributed by atoms with E-state index in [-0.39, 0.29) is 11.9 Å². The molecule has 4 N–H and O–H groups in total. The van der Waals surface area contributed by atoms with Crippen molar-refractivity contribution in [2.24, 2.45) is 10.9 Å². The monoisotopic (exact) mass is 264 g/mol. The van der Waals surface area contributed by atoms with Crippen LogP contribution in [0.1, 0.15) is 25.0 Å². The van der Waals surface area contributed by atoms with Gasteiger partial charge < -0.3 is 21.2 Å². The van der Waals surface area contributed by atoms with E-state index in [1.54, 1.807) is 17.0 Å². The molecule has 19 heavy (non-hydrogen) atoms. The second-order valence-electron chi connectivity index (χ2n) is 4.09.